The van der Waals surface area contributed by atoms with Gasteiger partial charge in [0.1, 0.15) is 5.60 Å². The minimum Gasteiger partial charge on any atom is -0.466 e. The third-order valence-electron chi connectivity index (χ3n) is 6.00. The van der Waals surface area contributed by atoms with Gasteiger partial charge in [0.15, 0.2) is 0 Å². The molecule has 2 aromatic carbocycles. The average molecular weight is 562 g/mol. The standard InChI is InChI=1S/C29H34F3N3O5/c1-5-39-26(37)22-17-35(18-29(30,31)32)16-21(22)20-13-10-19(11-14-20)12-15-25(36)33-23-8-6-7-9-24(23)34-27(38)40-28(2,3)4/h6-15,21-22H,5,16-18H2,1-4H3,(H,33,36)(H,34,38)/b15-12+. The number of rotatable bonds is 8. The first-order valence-corrected chi connectivity index (χ1v) is 12.9. The first kappa shape index (κ1) is 30.7. The van der Waals surface area contributed by atoms with Gasteiger partial charge in [0.25, 0.3) is 0 Å². The zero-order valence-electron chi connectivity index (χ0n) is 22.9. The quantitative estimate of drug-likeness (QED) is 0.311. The third-order valence-corrected chi connectivity index (χ3v) is 6.00. The molecule has 216 valence electrons. The largest absolute Gasteiger partial charge is 0.466 e. The number of para-hydroxylation sites is 2. The van der Waals surface area contributed by atoms with Crippen molar-refractivity contribution in [1.29, 1.82) is 0 Å². The highest BCUT2D eigenvalue weighted by Gasteiger charge is 2.43. The molecule has 0 radical (unpaired) electrons. The fraction of sp³-hybridized carbons (Fsp3) is 0.414. The number of alkyl halides is 3. The van der Waals surface area contributed by atoms with Crippen LogP contribution in [-0.2, 0) is 19.1 Å². The van der Waals surface area contributed by atoms with E-state index in [0.717, 1.165) is 0 Å². The lowest BCUT2D eigenvalue weighted by Crippen LogP contribution is -2.33. The molecule has 1 saturated heterocycles. The monoisotopic (exact) mass is 561 g/mol. The van der Waals surface area contributed by atoms with Crippen molar-refractivity contribution in [2.75, 3.05) is 36.9 Å². The highest BCUT2D eigenvalue weighted by atomic mass is 19.4. The van der Waals surface area contributed by atoms with Crippen molar-refractivity contribution in [2.45, 2.75) is 45.4 Å². The lowest BCUT2D eigenvalue weighted by molar-refractivity contribution is -0.151. The Labute approximate surface area is 231 Å². The maximum Gasteiger partial charge on any atom is 0.412 e. The number of carbonyl (C=O) groups excluding carboxylic acids is 3. The number of likely N-dealkylation sites (tertiary alicyclic amines) is 1. The Morgan fingerprint density at radius 1 is 0.975 bits per heavy atom. The number of hydrogen-bond acceptors (Lipinski definition) is 6. The fourth-order valence-corrected chi connectivity index (χ4v) is 4.41. The highest BCUT2D eigenvalue weighted by molar-refractivity contribution is 6.05. The van der Waals surface area contributed by atoms with E-state index < -0.39 is 48.1 Å². The van der Waals surface area contributed by atoms with E-state index in [1.54, 1.807) is 82.3 Å². The Morgan fingerprint density at radius 2 is 1.60 bits per heavy atom. The van der Waals surface area contributed by atoms with E-state index >= 15 is 0 Å². The summed E-state index contributed by atoms with van der Waals surface area (Å²) in [5.74, 6) is -2.11. The maximum atomic E-state index is 13.0. The second-order valence-corrected chi connectivity index (χ2v) is 10.4. The van der Waals surface area contributed by atoms with Crippen molar-refractivity contribution in [3.05, 3.63) is 65.7 Å². The summed E-state index contributed by atoms with van der Waals surface area (Å²) >= 11 is 0. The van der Waals surface area contributed by atoms with E-state index in [4.69, 9.17) is 9.47 Å². The molecule has 40 heavy (non-hydrogen) atoms. The van der Waals surface area contributed by atoms with Gasteiger partial charge in [-0.05, 0) is 57.0 Å². The van der Waals surface area contributed by atoms with Crippen LogP contribution in [0.5, 0.6) is 0 Å². The number of nitrogens with zero attached hydrogens (tertiary/aromatic N) is 1. The average Bonchev–Trinajstić information content (AvgIpc) is 3.25. The van der Waals surface area contributed by atoms with Gasteiger partial charge in [0, 0.05) is 25.1 Å². The number of nitrogens with one attached hydrogen (secondary N) is 2. The van der Waals surface area contributed by atoms with Crippen LogP contribution in [0.15, 0.2) is 54.6 Å². The topological polar surface area (TPSA) is 97.0 Å². The number of anilines is 2. The summed E-state index contributed by atoms with van der Waals surface area (Å²) in [6.45, 7) is 5.99. The van der Waals surface area contributed by atoms with E-state index in [1.165, 1.54) is 11.0 Å². The van der Waals surface area contributed by atoms with Crippen LogP contribution in [0.1, 0.15) is 44.7 Å². The van der Waals surface area contributed by atoms with E-state index in [-0.39, 0.29) is 19.7 Å². The number of carbonyl (C=O) groups is 3. The van der Waals surface area contributed by atoms with Crippen molar-refractivity contribution in [3.63, 3.8) is 0 Å². The summed E-state index contributed by atoms with van der Waals surface area (Å²) in [5.41, 5.74) is 1.46. The molecule has 1 fully saturated rings. The number of amides is 2. The van der Waals surface area contributed by atoms with Crippen LogP contribution in [0.25, 0.3) is 6.08 Å². The maximum absolute atomic E-state index is 13.0. The van der Waals surface area contributed by atoms with Crippen molar-refractivity contribution >= 4 is 35.4 Å². The van der Waals surface area contributed by atoms with Gasteiger partial charge in [-0.2, -0.15) is 13.2 Å². The molecule has 0 spiro atoms. The fourth-order valence-electron chi connectivity index (χ4n) is 4.41. The Kier molecular flexibility index (Phi) is 9.97. The molecular weight excluding hydrogens is 527 g/mol. The zero-order valence-corrected chi connectivity index (χ0v) is 22.9. The Hall–Kier alpha value is -3.86. The lowest BCUT2D eigenvalue weighted by atomic mass is 9.88. The van der Waals surface area contributed by atoms with Crippen molar-refractivity contribution in [3.8, 4) is 0 Å². The molecule has 2 unspecified atom stereocenters. The molecule has 0 saturated carbocycles. The first-order chi connectivity index (χ1) is 18.7. The van der Waals surface area contributed by atoms with Crippen LogP contribution in [0, 0.1) is 5.92 Å². The molecule has 1 aliphatic rings. The van der Waals surface area contributed by atoms with Gasteiger partial charge in [0.05, 0.1) is 30.4 Å². The van der Waals surface area contributed by atoms with Crippen LogP contribution in [-0.4, -0.2) is 60.9 Å². The highest BCUT2D eigenvalue weighted by Crippen LogP contribution is 2.35. The Balaban J connectivity index is 1.66. The van der Waals surface area contributed by atoms with Gasteiger partial charge in [-0.15, -0.1) is 0 Å². The minimum atomic E-state index is -4.37. The van der Waals surface area contributed by atoms with Crippen LogP contribution < -0.4 is 10.6 Å². The number of halogens is 3. The predicted molar refractivity (Wildman–Crippen MR) is 146 cm³/mol. The Morgan fingerprint density at radius 3 is 2.17 bits per heavy atom. The molecule has 2 atom stereocenters. The summed E-state index contributed by atoms with van der Waals surface area (Å²) < 4.78 is 49.3. The van der Waals surface area contributed by atoms with Crippen molar-refractivity contribution < 1.29 is 37.0 Å². The second-order valence-electron chi connectivity index (χ2n) is 10.4. The molecule has 0 aliphatic carbocycles. The third kappa shape index (κ3) is 9.41. The number of esters is 1. The summed E-state index contributed by atoms with van der Waals surface area (Å²) in [6.07, 6.45) is -2.12. The van der Waals surface area contributed by atoms with Crippen LogP contribution in [0.2, 0.25) is 0 Å². The van der Waals surface area contributed by atoms with Crippen LogP contribution in [0.3, 0.4) is 0 Å². The van der Waals surface area contributed by atoms with Gasteiger partial charge in [0.2, 0.25) is 5.91 Å². The summed E-state index contributed by atoms with van der Waals surface area (Å²) in [5, 5.41) is 5.33. The smallest absolute Gasteiger partial charge is 0.412 e. The summed E-state index contributed by atoms with van der Waals surface area (Å²) in [7, 11) is 0. The van der Waals surface area contributed by atoms with Crippen LogP contribution in [0.4, 0.5) is 29.3 Å². The van der Waals surface area contributed by atoms with Gasteiger partial charge >= 0.3 is 18.2 Å². The van der Waals surface area contributed by atoms with E-state index in [2.05, 4.69) is 10.6 Å². The van der Waals surface area contributed by atoms with Crippen LogP contribution >= 0.6 is 0 Å². The number of benzene rings is 2. The molecule has 1 heterocycles. The molecule has 2 amide bonds. The summed E-state index contributed by atoms with van der Waals surface area (Å²) in [4.78, 5) is 38.4. The molecule has 1 aliphatic heterocycles. The molecule has 0 bridgehead atoms. The van der Waals surface area contributed by atoms with Gasteiger partial charge in [-0.25, -0.2) is 4.79 Å². The van der Waals surface area contributed by atoms with Gasteiger partial charge < -0.3 is 14.8 Å². The second kappa shape index (κ2) is 13.0. The number of hydrogen-bond donors (Lipinski definition) is 2. The minimum absolute atomic E-state index is 0.0326. The SMILES string of the molecule is CCOC(=O)C1CN(CC(F)(F)F)CC1c1ccc(/C=C/C(=O)Nc2ccccc2NC(=O)OC(C)(C)C)cc1. The van der Waals surface area contributed by atoms with Gasteiger partial charge in [-0.1, -0.05) is 36.4 Å². The molecule has 3 rings (SSSR count). The number of ether oxygens (including phenoxy) is 2. The van der Waals surface area contributed by atoms with Gasteiger partial charge in [-0.3, -0.25) is 19.8 Å². The zero-order chi connectivity index (χ0) is 29.5. The normalized spacial score (nSPS) is 18.0. The molecule has 2 aromatic rings. The van der Waals surface area contributed by atoms with E-state index in [9.17, 15) is 27.6 Å². The Bertz CT molecular complexity index is 1220. The molecule has 2 N–H and O–H groups in total. The molecule has 8 nitrogen and oxygen atoms in total. The van der Waals surface area contributed by atoms with Crippen molar-refractivity contribution in [1.82, 2.24) is 4.90 Å². The van der Waals surface area contributed by atoms with Crippen molar-refractivity contribution in [2.24, 2.45) is 5.92 Å². The van der Waals surface area contributed by atoms with E-state index in [1.807, 2.05) is 0 Å². The molecular formula is C29H34F3N3O5. The predicted octanol–water partition coefficient (Wildman–Crippen LogP) is 5.83. The lowest BCUT2D eigenvalue weighted by Gasteiger charge is -2.20. The molecule has 11 heteroatoms. The summed E-state index contributed by atoms with van der Waals surface area (Å²) in [6, 6.07) is 13.6. The van der Waals surface area contributed by atoms with E-state index in [0.29, 0.717) is 22.5 Å². The molecule has 0 aromatic heterocycles. The first-order valence-electron chi connectivity index (χ1n) is 12.9.